The summed E-state index contributed by atoms with van der Waals surface area (Å²) >= 11 is 0. The van der Waals surface area contributed by atoms with Gasteiger partial charge in [-0.05, 0) is 44.7 Å². The highest BCUT2D eigenvalue weighted by atomic mass is 16.5. The summed E-state index contributed by atoms with van der Waals surface area (Å²) in [5.41, 5.74) is 0.910. The number of imide groups is 1. The smallest absolute Gasteiger partial charge is 0.261 e. The third-order valence-corrected chi connectivity index (χ3v) is 5.72. The first-order valence-electron chi connectivity index (χ1n) is 10.8. The van der Waals surface area contributed by atoms with Crippen molar-refractivity contribution < 1.29 is 19.4 Å². The minimum Gasteiger partial charge on any atom is -0.396 e. The van der Waals surface area contributed by atoms with E-state index < -0.39 is 0 Å². The molecule has 0 radical (unpaired) electrons. The molecule has 8 nitrogen and oxygen atoms in total. The number of guanidine groups is 1. The van der Waals surface area contributed by atoms with Gasteiger partial charge < -0.3 is 20.5 Å². The Hall–Kier alpha value is -2.45. The number of ether oxygens (including phenoxy) is 1. The zero-order valence-electron chi connectivity index (χ0n) is 17.7. The second-order valence-corrected chi connectivity index (χ2v) is 7.91. The van der Waals surface area contributed by atoms with E-state index in [-0.39, 0.29) is 23.8 Å². The van der Waals surface area contributed by atoms with E-state index in [9.17, 15) is 14.7 Å². The van der Waals surface area contributed by atoms with Crippen LogP contribution in [-0.4, -0.2) is 73.8 Å². The second-order valence-electron chi connectivity index (χ2n) is 7.91. The number of amides is 2. The van der Waals surface area contributed by atoms with Gasteiger partial charge in [0.15, 0.2) is 5.96 Å². The molecule has 2 heterocycles. The zero-order chi connectivity index (χ0) is 21.4. The van der Waals surface area contributed by atoms with Crippen LogP contribution in [0.15, 0.2) is 29.3 Å². The van der Waals surface area contributed by atoms with Crippen LogP contribution < -0.4 is 10.6 Å². The molecule has 1 aromatic rings. The monoisotopic (exact) mass is 416 g/mol. The summed E-state index contributed by atoms with van der Waals surface area (Å²) in [6, 6.07) is 6.97. The average molecular weight is 417 g/mol. The van der Waals surface area contributed by atoms with Crippen molar-refractivity contribution in [2.75, 3.05) is 46.0 Å². The van der Waals surface area contributed by atoms with Crippen molar-refractivity contribution in [3.8, 4) is 0 Å². The molecular formula is C22H32N4O4. The maximum Gasteiger partial charge on any atom is 0.261 e. The number of fused-ring (bicyclic) bond motifs is 1. The molecular weight excluding hydrogens is 384 g/mol. The number of hydrogen-bond donors (Lipinski definition) is 3. The van der Waals surface area contributed by atoms with Crippen LogP contribution in [0.2, 0.25) is 0 Å². The molecule has 1 saturated heterocycles. The van der Waals surface area contributed by atoms with Gasteiger partial charge in [0.2, 0.25) is 0 Å². The maximum atomic E-state index is 12.4. The van der Waals surface area contributed by atoms with E-state index in [1.807, 2.05) is 6.92 Å². The number of hydrogen-bond acceptors (Lipinski definition) is 5. The molecule has 0 aliphatic carbocycles. The first-order valence-corrected chi connectivity index (χ1v) is 10.8. The average Bonchev–Trinajstić information content (AvgIpc) is 3.31. The summed E-state index contributed by atoms with van der Waals surface area (Å²) in [6.07, 6.45) is 3.13. The lowest BCUT2D eigenvalue weighted by molar-refractivity contribution is 0.0652. The topological polar surface area (TPSA) is 103 Å². The van der Waals surface area contributed by atoms with Crippen LogP contribution in [0.1, 0.15) is 53.3 Å². The van der Waals surface area contributed by atoms with Crippen molar-refractivity contribution in [2.24, 2.45) is 10.4 Å². The van der Waals surface area contributed by atoms with E-state index in [1.54, 1.807) is 24.3 Å². The number of carbonyl (C=O) groups excluding carboxylic acids is 2. The second kappa shape index (κ2) is 10.5. The van der Waals surface area contributed by atoms with Gasteiger partial charge in [0.1, 0.15) is 0 Å². The van der Waals surface area contributed by atoms with E-state index in [4.69, 9.17) is 9.73 Å². The normalized spacial score (nSPS) is 21.3. The molecule has 1 fully saturated rings. The molecule has 0 aromatic heterocycles. The Morgan fingerprint density at radius 3 is 2.53 bits per heavy atom. The molecule has 1 atom stereocenters. The molecule has 0 spiro atoms. The number of aliphatic imine (C=N–C) groups is 1. The fourth-order valence-corrected chi connectivity index (χ4v) is 3.92. The number of nitrogens with zero attached hydrogens (tertiary/aromatic N) is 2. The molecule has 2 aliphatic heterocycles. The molecule has 2 aliphatic rings. The third-order valence-electron chi connectivity index (χ3n) is 5.72. The zero-order valence-corrected chi connectivity index (χ0v) is 17.7. The number of nitrogens with one attached hydrogen (secondary N) is 2. The Labute approximate surface area is 177 Å². The number of carbonyl (C=O) groups is 2. The van der Waals surface area contributed by atoms with E-state index >= 15 is 0 Å². The largest absolute Gasteiger partial charge is 0.396 e. The Balaban J connectivity index is 1.44. The van der Waals surface area contributed by atoms with Crippen LogP contribution in [0.3, 0.4) is 0 Å². The molecule has 2 amide bonds. The lowest BCUT2D eigenvalue weighted by Crippen LogP contribution is -2.39. The van der Waals surface area contributed by atoms with Crippen LogP contribution in [-0.2, 0) is 4.74 Å². The number of rotatable bonds is 10. The van der Waals surface area contributed by atoms with Crippen molar-refractivity contribution in [1.29, 1.82) is 0 Å². The predicted octanol–water partition coefficient (Wildman–Crippen LogP) is 1.41. The van der Waals surface area contributed by atoms with Crippen LogP contribution >= 0.6 is 0 Å². The molecule has 30 heavy (non-hydrogen) atoms. The highest BCUT2D eigenvalue weighted by molar-refractivity contribution is 6.21. The standard InChI is InChI=1S/C22H32N4O4/c1-2-23-21(25-15-22(9-13-27)10-14-30-16-22)24-11-5-6-12-26-19(28)17-7-3-4-8-18(17)20(26)29/h3-4,7-8,27H,2,5-6,9-16H2,1H3,(H2,23,24,25). The summed E-state index contributed by atoms with van der Waals surface area (Å²) in [5.74, 6) is 0.334. The minimum absolute atomic E-state index is 0.0808. The summed E-state index contributed by atoms with van der Waals surface area (Å²) in [5, 5.41) is 15.9. The quantitative estimate of drug-likeness (QED) is 0.231. The van der Waals surface area contributed by atoms with Gasteiger partial charge in [0.25, 0.3) is 11.8 Å². The van der Waals surface area contributed by atoms with E-state index in [2.05, 4.69) is 10.6 Å². The third kappa shape index (κ3) is 5.17. The van der Waals surface area contributed by atoms with Gasteiger partial charge in [-0.25, -0.2) is 0 Å². The molecule has 1 unspecified atom stereocenters. The van der Waals surface area contributed by atoms with Crippen molar-refractivity contribution >= 4 is 17.8 Å². The van der Waals surface area contributed by atoms with Crippen molar-refractivity contribution in [1.82, 2.24) is 15.5 Å². The molecule has 3 rings (SSSR count). The molecule has 8 heteroatoms. The van der Waals surface area contributed by atoms with Crippen LogP contribution in [0, 0.1) is 5.41 Å². The van der Waals surface area contributed by atoms with Gasteiger partial charge >= 0.3 is 0 Å². The van der Waals surface area contributed by atoms with E-state index in [0.717, 1.165) is 38.4 Å². The maximum absolute atomic E-state index is 12.4. The minimum atomic E-state index is -0.202. The van der Waals surface area contributed by atoms with Gasteiger partial charge in [0, 0.05) is 38.3 Å². The number of aliphatic hydroxyl groups excluding tert-OH is 1. The number of benzene rings is 1. The molecule has 0 saturated carbocycles. The van der Waals surface area contributed by atoms with Gasteiger partial charge in [-0.2, -0.15) is 0 Å². The van der Waals surface area contributed by atoms with Gasteiger partial charge in [-0.15, -0.1) is 0 Å². The number of unbranched alkanes of at least 4 members (excludes halogenated alkanes) is 1. The van der Waals surface area contributed by atoms with Crippen LogP contribution in [0.5, 0.6) is 0 Å². The molecule has 1 aromatic carbocycles. The number of aliphatic hydroxyl groups is 1. The Morgan fingerprint density at radius 2 is 1.93 bits per heavy atom. The lowest BCUT2D eigenvalue weighted by atomic mass is 9.84. The summed E-state index contributed by atoms with van der Waals surface area (Å²) in [6.45, 7) is 5.98. The molecule has 3 N–H and O–H groups in total. The Morgan fingerprint density at radius 1 is 1.20 bits per heavy atom. The van der Waals surface area contributed by atoms with E-state index in [0.29, 0.717) is 43.8 Å². The van der Waals surface area contributed by atoms with Crippen molar-refractivity contribution in [2.45, 2.75) is 32.6 Å². The summed E-state index contributed by atoms with van der Waals surface area (Å²) in [7, 11) is 0. The highest BCUT2D eigenvalue weighted by Crippen LogP contribution is 2.32. The van der Waals surface area contributed by atoms with Crippen LogP contribution in [0.4, 0.5) is 0 Å². The fourth-order valence-electron chi connectivity index (χ4n) is 3.92. The van der Waals surface area contributed by atoms with E-state index in [1.165, 1.54) is 4.90 Å². The van der Waals surface area contributed by atoms with Crippen LogP contribution in [0.25, 0.3) is 0 Å². The predicted molar refractivity (Wildman–Crippen MR) is 115 cm³/mol. The molecule has 0 bridgehead atoms. The Kier molecular flexibility index (Phi) is 7.81. The van der Waals surface area contributed by atoms with Gasteiger partial charge in [-0.3, -0.25) is 19.5 Å². The molecule has 164 valence electrons. The van der Waals surface area contributed by atoms with Gasteiger partial charge in [0.05, 0.1) is 24.3 Å². The van der Waals surface area contributed by atoms with Crippen molar-refractivity contribution in [3.05, 3.63) is 35.4 Å². The van der Waals surface area contributed by atoms with Crippen molar-refractivity contribution in [3.63, 3.8) is 0 Å². The Bertz CT molecular complexity index is 739. The fraction of sp³-hybridized carbons (Fsp3) is 0.591. The summed E-state index contributed by atoms with van der Waals surface area (Å²) < 4.78 is 5.53. The van der Waals surface area contributed by atoms with Gasteiger partial charge in [-0.1, -0.05) is 12.1 Å². The first kappa shape index (κ1) is 22.2. The highest BCUT2D eigenvalue weighted by Gasteiger charge is 2.35. The summed E-state index contributed by atoms with van der Waals surface area (Å²) in [4.78, 5) is 30.8. The lowest BCUT2D eigenvalue weighted by Gasteiger charge is -2.24. The first-order chi connectivity index (χ1) is 14.6. The SMILES string of the molecule is CCNC(=NCC1(CCO)CCOC1)NCCCCN1C(=O)c2ccccc2C1=O.